The second kappa shape index (κ2) is 13.4. The van der Waals surface area contributed by atoms with E-state index in [0.29, 0.717) is 12.1 Å². The highest BCUT2D eigenvalue weighted by Crippen LogP contribution is 2.11. The molecule has 24 heavy (non-hydrogen) atoms. The lowest BCUT2D eigenvalue weighted by Gasteiger charge is -2.25. The van der Waals surface area contributed by atoms with Crippen LogP contribution in [0.5, 0.6) is 0 Å². The first-order chi connectivity index (χ1) is 11.7. The molecule has 0 bridgehead atoms. The van der Waals surface area contributed by atoms with Crippen LogP contribution in [0.3, 0.4) is 0 Å². The molecule has 1 saturated heterocycles. The highest BCUT2D eigenvalue weighted by Gasteiger charge is 2.15. The molecule has 0 radical (unpaired) electrons. The molecule has 6 nitrogen and oxygen atoms in total. The topological polar surface area (TPSA) is 58.1 Å². The molecular formula is C18H38N4O2. The van der Waals surface area contributed by atoms with Crippen LogP contribution in [0.4, 0.5) is 0 Å². The summed E-state index contributed by atoms with van der Waals surface area (Å²) < 4.78 is 11.2. The van der Waals surface area contributed by atoms with E-state index in [1.165, 1.54) is 6.42 Å². The Balaban J connectivity index is 2.17. The summed E-state index contributed by atoms with van der Waals surface area (Å²) in [6.45, 7) is 15.8. The number of nitrogens with one attached hydrogen (secondary N) is 2. The largest absolute Gasteiger partial charge is 0.379 e. The van der Waals surface area contributed by atoms with Crippen LogP contribution < -0.4 is 10.6 Å². The van der Waals surface area contributed by atoms with Gasteiger partial charge in [-0.25, -0.2) is 0 Å². The summed E-state index contributed by atoms with van der Waals surface area (Å²) in [7, 11) is 0. The lowest BCUT2D eigenvalue weighted by Crippen LogP contribution is -2.40. The molecule has 1 fully saturated rings. The molecule has 0 spiro atoms. The standard InChI is InChI=1S/C18H38N4O2/c1-5-19-18(21-14-16(4)22(6-2)7-3)20-11-9-12-23-15-17-10-8-13-24-17/h16-17H,5-15H2,1-4H3,(H2,19,20,21). The molecule has 1 aliphatic rings. The minimum atomic E-state index is 0.318. The second-order valence-electron chi connectivity index (χ2n) is 6.28. The van der Waals surface area contributed by atoms with Gasteiger partial charge in [-0.2, -0.15) is 0 Å². The van der Waals surface area contributed by atoms with Gasteiger partial charge in [0.15, 0.2) is 5.96 Å². The molecule has 0 aromatic carbocycles. The van der Waals surface area contributed by atoms with E-state index in [-0.39, 0.29) is 0 Å². The van der Waals surface area contributed by atoms with Crippen molar-refractivity contribution in [2.24, 2.45) is 4.99 Å². The van der Waals surface area contributed by atoms with Gasteiger partial charge >= 0.3 is 0 Å². The first kappa shape index (κ1) is 21.2. The number of nitrogens with zero attached hydrogens (tertiary/aromatic N) is 2. The lowest BCUT2D eigenvalue weighted by atomic mass is 10.2. The quantitative estimate of drug-likeness (QED) is 0.322. The normalized spacial score (nSPS) is 19.7. The molecular weight excluding hydrogens is 304 g/mol. The average Bonchev–Trinajstić information content (AvgIpc) is 3.10. The number of rotatable bonds is 12. The van der Waals surface area contributed by atoms with Gasteiger partial charge in [-0.05, 0) is 46.2 Å². The first-order valence-electron chi connectivity index (χ1n) is 9.66. The number of aliphatic imine (C=N–C) groups is 1. The zero-order valence-electron chi connectivity index (χ0n) is 16.1. The Kier molecular flexibility index (Phi) is 11.9. The number of likely N-dealkylation sites (N-methyl/N-ethyl adjacent to an activating group) is 1. The van der Waals surface area contributed by atoms with Crippen molar-refractivity contribution < 1.29 is 9.47 Å². The van der Waals surface area contributed by atoms with Crippen LogP contribution in [0.1, 0.15) is 47.0 Å². The van der Waals surface area contributed by atoms with Gasteiger partial charge in [-0.1, -0.05) is 13.8 Å². The molecule has 6 heteroatoms. The summed E-state index contributed by atoms with van der Waals surface area (Å²) in [4.78, 5) is 7.13. The van der Waals surface area contributed by atoms with Crippen molar-refractivity contribution in [2.75, 3.05) is 52.5 Å². The molecule has 1 aliphatic heterocycles. The Bertz CT molecular complexity index is 329. The minimum Gasteiger partial charge on any atom is -0.379 e. The average molecular weight is 343 g/mol. The van der Waals surface area contributed by atoms with Crippen molar-refractivity contribution in [3.8, 4) is 0 Å². The van der Waals surface area contributed by atoms with Crippen LogP contribution in [0.15, 0.2) is 4.99 Å². The van der Waals surface area contributed by atoms with Crippen molar-refractivity contribution in [2.45, 2.75) is 59.1 Å². The van der Waals surface area contributed by atoms with Gasteiger partial charge in [0.25, 0.3) is 0 Å². The van der Waals surface area contributed by atoms with E-state index in [0.717, 1.165) is 71.3 Å². The minimum absolute atomic E-state index is 0.318. The highest BCUT2D eigenvalue weighted by atomic mass is 16.5. The predicted octanol–water partition coefficient (Wildman–Crippen LogP) is 1.86. The van der Waals surface area contributed by atoms with E-state index >= 15 is 0 Å². The number of ether oxygens (including phenoxy) is 2. The van der Waals surface area contributed by atoms with E-state index in [9.17, 15) is 0 Å². The third-order valence-corrected chi connectivity index (χ3v) is 4.38. The second-order valence-corrected chi connectivity index (χ2v) is 6.28. The molecule has 0 aromatic rings. The summed E-state index contributed by atoms with van der Waals surface area (Å²) in [5.74, 6) is 0.899. The molecule has 1 heterocycles. The van der Waals surface area contributed by atoms with Crippen LogP contribution in [0, 0.1) is 0 Å². The molecule has 0 aromatic heterocycles. The molecule has 0 aliphatic carbocycles. The van der Waals surface area contributed by atoms with E-state index in [2.05, 4.69) is 43.2 Å². The Hall–Kier alpha value is -0.850. The van der Waals surface area contributed by atoms with E-state index in [4.69, 9.17) is 14.5 Å². The number of hydrogen-bond donors (Lipinski definition) is 2. The van der Waals surface area contributed by atoms with Gasteiger partial charge in [-0.15, -0.1) is 0 Å². The highest BCUT2D eigenvalue weighted by molar-refractivity contribution is 5.79. The van der Waals surface area contributed by atoms with Crippen molar-refractivity contribution in [1.29, 1.82) is 0 Å². The maximum atomic E-state index is 5.69. The maximum Gasteiger partial charge on any atom is 0.191 e. The predicted molar refractivity (Wildman–Crippen MR) is 101 cm³/mol. The van der Waals surface area contributed by atoms with E-state index < -0.39 is 0 Å². The Morgan fingerprint density at radius 1 is 1.29 bits per heavy atom. The molecule has 142 valence electrons. The van der Waals surface area contributed by atoms with Gasteiger partial charge in [0.1, 0.15) is 0 Å². The fourth-order valence-corrected chi connectivity index (χ4v) is 2.90. The summed E-state index contributed by atoms with van der Waals surface area (Å²) in [6, 6.07) is 0.463. The summed E-state index contributed by atoms with van der Waals surface area (Å²) in [5, 5.41) is 6.70. The number of guanidine groups is 1. The zero-order chi connectivity index (χ0) is 17.6. The molecule has 0 amide bonds. The number of hydrogen-bond acceptors (Lipinski definition) is 4. The van der Waals surface area contributed by atoms with Crippen molar-refractivity contribution in [3.63, 3.8) is 0 Å². The maximum absolute atomic E-state index is 5.69. The SMILES string of the molecule is CCNC(=NCC(C)N(CC)CC)NCCCOCC1CCCO1. The summed E-state index contributed by atoms with van der Waals surface area (Å²) >= 11 is 0. The molecule has 1 rings (SSSR count). The summed E-state index contributed by atoms with van der Waals surface area (Å²) in [6.07, 6.45) is 3.60. The van der Waals surface area contributed by atoms with Gasteiger partial charge < -0.3 is 20.1 Å². The van der Waals surface area contributed by atoms with Gasteiger partial charge in [0.05, 0.1) is 19.3 Å². The first-order valence-corrected chi connectivity index (χ1v) is 9.66. The smallest absolute Gasteiger partial charge is 0.191 e. The fourth-order valence-electron chi connectivity index (χ4n) is 2.90. The van der Waals surface area contributed by atoms with Crippen LogP contribution in [0.2, 0.25) is 0 Å². The molecule has 2 unspecified atom stereocenters. The Morgan fingerprint density at radius 3 is 2.71 bits per heavy atom. The lowest BCUT2D eigenvalue weighted by molar-refractivity contribution is 0.0168. The van der Waals surface area contributed by atoms with Crippen molar-refractivity contribution >= 4 is 5.96 Å². The van der Waals surface area contributed by atoms with Gasteiger partial charge in [-0.3, -0.25) is 9.89 Å². The van der Waals surface area contributed by atoms with Crippen molar-refractivity contribution in [3.05, 3.63) is 0 Å². The van der Waals surface area contributed by atoms with Crippen LogP contribution in [-0.2, 0) is 9.47 Å². The van der Waals surface area contributed by atoms with Crippen LogP contribution in [-0.4, -0.2) is 75.5 Å². The monoisotopic (exact) mass is 342 g/mol. The van der Waals surface area contributed by atoms with Crippen LogP contribution in [0.25, 0.3) is 0 Å². The Labute approximate surface area is 148 Å². The molecule has 0 saturated carbocycles. The van der Waals surface area contributed by atoms with Gasteiger partial charge in [0.2, 0.25) is 0 Å². The third-order valence-electron chi connectivity index (χ3n) is 4.38. The van der Waals surface area contributed by atoms with E-state index in [1.807, 2.05) is 0 Å². The van der Waals surface area contributed by atoms with E-state index in [1.54, 1.807) is 0 Å². The summed E-state index contributed by atoms with van der Waals surface area (Å²) in [5.41, 5.74) is 0. The van der Waals surface area contributed by atoms with Crippen molar-refractivity contribution in [1.82, 2.24) is 15.5 Å². The third kappa shape index (κ3) is 8.85. The van der Waals surface area contributed by atoms with Gasteiger partial charge in [0, 0.05) is 32.3 Å². The fraction of sp³-hybridized carbons (Fsp3) is 0.944. The zero-order valence-corrected chi connectivity index (χ0v) is 16.1. The van der Waals surface area contributed by atoms with Crippen LogP contribution >= 0.6 is 0 Å². The molecule has 2 atom stereocenters. The molecule has 2 N–H and O–H groups in total. The Morgan fingerprint density at radius 2 is 2.08 bits per heavy atom.